The first kappa shape index (κ1) is 26.9. The molecule has 0 saturated heterocycles. The fraction of sp³-hybridized carbons (Fsp3) is 0.565. The van der Waals surface area contributed by atoms with Gasteiger partial charge in [0.25, 0.3) is 0 Å². The van der Waals surface area contributed by atoms with E-state index >= 15 is 0 Å². The summed E-state index contributed by atoms with van der Waals surface area (Å²) in [6, 6.07) is 3.55. The fourth-order valence-corrected chi connectivity index (χ4v) is 3.11. The number of aryl methyl sites for hydroxylation is 1. The van der Waals surface area contributed by atoms with Crippen LogP contribution in [0.25, 0.3) is 0 Å². The number of hydrogen-bond acceptors (Lipinski definition) is 6. The van der Waals surface area contributed by atoms with Crippen molar-refractivity contribution in [3.05, 3.63) is 34.9 Å². The van der Waals surface area contributed by atoms with Crippen LogP contribution in [-0.4, -0.2) is 60.6 Å². The highest BCUT2D eigenvalue weighted by Crippen LogP contribution is 2.27. The number of nitrogens with zero attached hydrogens (tertiary/aromatic N) is 1. The maximum Gasteiger partial charge on any atom is 0.408 e. The lowest BCUT2D eigenvalue weighted by atomic mass is 9.95. The zero-order valence-electron chi connectivity index (χ0n) is 20.2. The quantitative estimate of drug-likeness (QED) is 0.589. The summed E-state index contributed by atoms with van der Waals surface area (Å²) in [6.07, 6.45) is -0.729. The summed E-state index contributed by atoms with van der Waals surface area (Å²) < 4.78 is 9.81. The lowest BCUT2D eigenvalue weighted by molar-refractivity contribution is -0.144. The molecule has 0 saturated carbocycles. The van der Waals surface area contributed by atoms with E-state index in [1.54, 1.807) is 39.8 Å². The summed E-state index contributed by atoms with van der Waals surface area (Å²) in [6.45, 7) is 12.1. The Morgan fingerprint density at radius 3 is 2.28 bits per heavy atom. The number of methoxy groups -OCH3 is 1. The normalized spacial score (nSPS) is 12.9. The molecule has 2 atom stereocenters. The summed E-state index contributed by atoms with van der Waals surface area (Å²) >= 11 is 0. The molecule has 178 valence electrons. The van der Waals surface area contributed by atoms with Crippen molar-refractivity contribution < 1.29 is 28.7 Å². The first-order valence-corrected chi connectivity index (χ1v) is 10.5. The molecule has 0 fully saturated rings. The van der Waals surface area contributed by atoms with Crippen LogP contribution in [0.2, 0.25) is 0 Å². The van der Waals surface area contributed by atoms with Crippen molar-refractivity contribution in [3.8, 4) is 0 Å². The molecule has 0 heterocycles. The van der Waals surface area contributed by atoms with E-state index in [4.69, 9.17) is 4.74 Å². The first-order chi connectivity index (χ1) is 14.8. The van der Waals surface area contributed by atoms with Gasteiger partial charge in [-0.2, -0.15) is 0 Å². The monoisotopic (exact) mass is 449 g/mol. The molecule has 0 radical (unpaired) electrons. The average molecular weight is 450 g/mol. The molecule has 0 spiro atoms. The standard InChI is InChI=1S/C23H35N3O6/c1-9-26(21(29)16(4)25-22(30)32-23(5,6)7)19(20(28)24-13-18(27)31-8)17-12-10-11-14(2)15(17)3/h10-12,16,19H,9,13H2,1-8H3,(H,24,28)(H,25,30). The van der Waals surface area contributed by atoms with Gasteiger partial charge in [0.15, 0.2) is 0 Å². The Morgan fingerprint density at radius 1 is 1.12 bits per heavy atom. The molecule has 0 aromatic heterocycles. The molecule has 2 unspecified atom stereocenters. The number of hydrogen-bond donors (Lipinski definition) is 2. The van der Waals surface area contributed by atoms with E-state index in [0.717, 1.165) is 11.1 Å². The highest BCUT2D eigenvalue weighted by molar-refractivity contribution is 5.93. The number of nitrogens with one attached hydrogen (secondary N) is 2. The molecule has 0 aliphatic carbocycles. The van der Waals surface area contributed by atoms with Crippen molar-refractivity contribution in [1.29, 1.82) is 0 Å². The second-order valence-corrected chi connectivity index (χ2v) is 8.48. The number of carbonyl (C=O) groups excluding carboxylic acids is 4. The Labute approximate surface area is 189 Å². The van der Waals surface area contributed by atoms with Crippen molar-refractivity contribution in [1.82, 2.24) is 15.5 Å². The lowest BCUT2D eigenvalue weighted by Crippen LogP contribution is -2.52. The molecule has 1 aromatic carbocycles. The molecule has 9 nitrogen and oxygen atoms in total. The van der Waals surface area contributed by atoms with Crippen LogP contribution in [0, 0.1) is 13.8 Å². The number of ether oxygens (including phenoxy) is 2. The second-order valence-electron chi connectivity index (χ2n) is 8.48. The van der Waals surface area contributed by atoms with E-state index in [9.17, 15) is 19.2 Å². The second kappa shape index (κ2) is 11.5. The number of alkyl carbamates (subject to hydrolysis) is 1. The van der Waals surface area contributed by atoms with Gasteiger partial charge >= 0.3 is 12.1 Å². The third kappa shape index (κ3) is 7.55. The molecule has 2 N–H and O–H groups in total. The number of esters is 1. The Balaban J connectivity index is 3.25. The molecule has 0 bridgehead atoms. The van der Waals surface area contributed by atoms with Gasteiger partial charge in [-0.05, 0) is 65.2 Å². The smallest absolute Gasteiger partial charge is 0.408 e. The van der Waals surface area contributed by atoms with Gasteiger partial charge in [0.1, 0.15) is 24.2 Å². The van der Waals surface area contributed by atoms with Crippen LogP contribution in [0.1, 0.15) is 57.4 Å². The number of carbonyl (C=O) groups is 4. The maximum atomic E-state index is 13.3. The lowest BCUT2D eigenvalue weighted by Gasteiger charge is -2.33. The summed E-state index contributed by atoms with van der Waals surface area (Å²) in [4.78, 5) is 51.4. The highest BCUT2D eigenvalue weighted by atomic mass is 16.6. The molecule has 32 heavy (non-hydrogen) atoms. The topological polar surface area (TPSA) is 114 Å². The van der Waals surface area contributed by atoms with E-state index in [-0.39, 0.29) is 13.1 Å². The zero-order chi connectivity index (χ0) is 24.6. The van der Waals surface area contributed by atoms with Crippen LogP contribution in [0.5, 0.6) is 0 Å². The van der Waals surface area contributed by atoms with Crippen LogP contribution in [0.4, 0.5) is 4.79 Å². The summed E-state index contributed by atoms with van der Waals surface area (Å²) in [5, 5.41) is 5.06. The minimum atomic E-state index is -1.00. The Morgan fingerprint density at radius 2 is 1.75 bits per heavy atom. The van der Waals surface area contributed by atoms with Crippen LogP contribution in [-0.2, 0) is 23.9 Å². The van der Waals surface area contributed by atoms with Gasteiger partial charge in [-0.3, -0.25) is 14.4 Å². The minimum Gasteiger partial charge on any atom is -0.468 e. The van der Waals surface area contributed by atoms with Crippen molar-refractivity contribution in [2.45, 2.75) is 66.2 Å². The molecule has 0 aliphatic rings. The highest BCUT2D eigenvalue weighted by Gasteiger charge is 2.34. The van der Waals surface area contributed by atoms with Gasteiger partial charge in [0.2, 0.25) is 11.8 Å². The van der Waals surface area contributed by atoms with E-state index < -0.39 is 41.6 Å². The van der Waals surface area contributed by atoms with E-state index in [2.05, 4.69) is 15.4 Å². The predicted molar refractivity (Wildman–Crippen MR) is 120 cm³/mol. The average Bonchev–Trinajstić information content (AvgIpc) is 2.70. The zero-order valence-corrected chi connectivity index (χ0v) is 20.2. The van der Waals surface area contributed by atoms with Crippen LogP contribution >= 0.6 is 0 Å². The Kier molecular flexibility index (Phi) is 9.68. The number of likely N-dealkylation sites (N-methyl/N-ethyl adjacent to an activating group) is 1. The van der Waals surface area contributed by atoms with Gasteiger partial charge in [-0.25, -0.2) is 4.79 Å². The number of amides is 3. The summed E-state index contributed by atoms with van der Waals surface area (Å²) in [5.74, 6) is -1.59. The summed E-state index contributed by atoms with van der Waals surface area (Å²) in [5.41, 5.74) is 1.72. The molecular formula is C23H35N3O6. The van der Waals surface area contributed by atoms with E-state index in [1.165, 1.54) is 18.9 Å². The third-order valence-corrected chi connectivity index (χ3v) is 4.86. The molecule has 1 aromatic rings. The Hall–Kier alpha value is -3.10. The molecular weight excluding hydrogens is 414 g/mol. The SMILES string of the molecule is CCN(C(=O)C(C)NC(=O)OC(C)(C)C)C(C(=O)NCC(=O)OC)c1cccc(C)c1C. The minimum absolute atomic E-state index is 0.197. The van der Waals surface area contributed by atoms with Gasteiger partial charge < -0.3 is 25.0 Å². The third-order valence-electron chi connectivity index (χ3n) is 4.86. The molecule has 9 heteroatoms. The van der Waals surface area contributed by atoms with Crippen molar-refractivity contribution in [2.24, 2.45) is 0 Å². The predicted octanol–water partition coefficient (Wildman–Crippen LogP) is 2.40. The van der Waals surface area contributed by atoms with E-state index in [1.807, 2.05) is 19.9 Å². The van der Waals surface area contributed by atoms with Crippen LogP contribution < -0.4 is 10.6 Å². The molecule has 3 amide bonds. The first-order valence-electron chi connectivity index (χ1n) is 10.5. The molecule has 1 rings (SSSR count). The van der Waals surface area contributed by atoms with Gasteiger partial charge in [0, 0.05) is 6.54 Å². The van der Waals surface area contributed by atoms with Gasteiger partial charge in [0.05, 0.1) is 7.11 Å². The van der Waals surface area contributed by atoms with Crippen molar-refractivity contribution in [2.75, 3.05) is 20.2 Å². The van der Waals surface area contributed by atoms with Crippen LogP contribution in [0.3, 0.4) is 0 Å². The fourth-order valence-electron chi connectivity index (χ4n) is 3.11. The largest absolute Gasteiger partial charge is 0.468 e. The maximum absolute atomic E-state index is 13.3. The van der Waals surface area contributed by atoms with Gasteiger partial charge in [-0.15, -0.1) is 0 Å². The van der Waals surface area contributed by atoms with Crippen LogP contribution in [0.15, 0.2) is 18.2 Å². The summed E-state index contributed by atoms with van der Waals surface area (Å²) in [7, 11) is 1.22. The van der Waals surface area contributed by atoms with Gasteiger partial charge in [-0.1, -0.05) is 18.2 Å². The van der Waals surface area contributed by atoms with Crippen molar-refractivity contribution in [3.63, 3.8) is 0 Å². The van der Waals surface area contributed by atoms with E-state index in [0.29, 0.717) is 5.56 Å². The number of rotatable bonds is 8. The van der Waals surface area contributed by atoms with Crippen molar-refractivity contribution >= 4 is 23.9 Å². The Bertz CT molecular complexity index is 847. The molecule has 0 aliphatic heterocycles. The number of benzene rings is 1.